The van der Waals surface area contributed by atoms with Crippen LogP contribution in [0.5, 0.6) is 0 Å². The first-order valence-electron chi connectivity index (χ1n) is 13.1. The Bertz CT molecular complexity index is 1260. The van der Waals surface area contributed by atoms with Crippen LogP contribution in [0.1, 0.15) is 74.4 Å². The van der Waals surface area contributed by atoms with Gasteiger partial charge in [-0.15, -0.1) is 0 Å². The lowest BCUT2D eigenvalue weighted by Gasteiger charge is -2.52. The Balaban J connectivity index is 1.19. The average molecular weight is 488 g/mol. The summed E-state index contributed by atoms with van der Waals surface area (Å²) in [6.07, 6.45) is 7.23. The maximum atomic E-state index is 12.9. The van der Waals surface area contributed by atoms with E-state index in [0.717, 1.165) is 73.8 Å². The molecule has 1 amide bonds. The smallest absolute Gasteiger partial charge is 0.410 e. The number of hydrogen-bond acceptors (Lipinski definition) is 5. The third-order valence-corrected chi connectivity index (χ3v) is 8.99. The molecule has 1 saturated heterocycles. The van der Waals surface area contributed by atoms with Crippen LogP contribution in [-0.2, 0) is 26.3 Å². The molecule has 7 rings (SSSR count). The molecule has 3 aliphatic carbocycles. The second-order valence-electron chi connectivity index (χ2n) is 10.8. The highest BCUT2D eigenvalue weighted by atomic mass is 16.6. The first-order valence-corrected chi connectivity index (χ1v) is 13.1. The largest absolute Gasteiger partial charge is 0.469 e. The van der Waals surface area contributed by atoms with E-state index in [9.17, 15) is 9.59 Å². The number of amides is 1. The highest BCUT2D eigenvalue weighted by Gasteiger charge is 2.53. The highest BCUT2D eigenvalue weighted by molar-refractivity contribution is 5.78. The molecule has 1 unspecified atom stereocenters. The average Bonchev–Trinajstić information content (AvgIpc) is 3.60. The Labute approximate surface area is 211 Å². The minimum atomic E-state index is -0.292. The monoisotopic (exact) mass is 487 g/mol. The zero-order valence-electron chi connectivity index (χ0n) is 20.8. The van der Waals surface area contributed by atoms with Gasteiger partial charge in [0.2, 0.25) is 0 Å². The summed E-state index contributed by atoms with van der Waals surface area (Å²) in [7, 11) is 1.51. The van der Waals surface area contributed by atoms with Crippen molar-refractivity contribution in [2.75, 3.05) is 13.7 Å². The van der Waals surface area contributed by atoms with E-state index in [0.29, 0.717) is 6.54 Å². The number of methoxy groups -OCH3 is 1. The third-order valence-electron chi connectivity index (χ3n) is 8.99. The van der Waals surface area contributed by atoms with E-state index in [2.05, 4.69) is 23.2 Å². The van der Waals surface area contributed by atoms with Crippen molar-refractivity contribution >= 4 is 23.1 Å². The van der Waals surface area contributed by atoms with Gasteiger partial charge in [-0.3, -0.25) is 9.69 Å². The number of carbonyl (C=O) groups is 2. The van der Waals surface area contributed by atoms with Gasteiger partial charge in [0.15, 0.2) is 0 Å². The molecule has 4 fully saturated rings. The van der Waals surface area contributed by atoms with Gasteiger partial charge in [0, 0.05) is 6.54 Å². The molecular formula is C29H33N3O4. The molecule has 2 heterocycles. The molecule has 36 heavy (non-hydrogen) atoms. The molecule has 0 radical (unpaired) electrons. The maximum absolute atomic E-state index is 12.9. The van der Waals surface area contributed by atoms with Crippen molar-refractivity contribution in [1.82, 2.24) is 14.9 Å². The number of hydrogen-bond donors (Lipinski definition) is 1. The van der Waals surface area contributed by atoms with Crippen LogP contribution in [-0.4, -0.2) is 40.6 Å². The Morgan fingerprint density at radius 3 is 2.53 bits per heavy atom. The summed E-state index contributed by atoms with van der Waals surface area (Å²) < 4.78 is 10.7. The van der Waals surface area contributed by atoms with Crippen molar-refractivity contribution in [2.24, 2.45) is 5.41 Å². The van der Waals surface area contributed by atoms with Gasteiger partial charge in [-0.25, -0.2) is 9.78 Å². The van der Waals surface area contributed by atoms with E-state index in [1.54, 1.807) is 4.90 Å². The summed E-state index contributed by atoms with van der Waals surface area (Å²) in [4.78, 5) is 35.5. The van der Waals surface area contributed by atoms with Gasteiger partial charge in [0.05, 0.1) is 29.6 Å². The minimum absolute atomic E-state index is 0.0344. The molecule has 188 valence electrons. The lowest BCUT2D eigenvalue weighted by atomic mass is 9.52. The number of aromatic amines is 1. The number of likely N-dealkylation sites (tertiary alicyclic amines) is 1. The topological polar surface area (TPSA) is 84.5 Å². The first kappa shape index (κ1) is 23.1. The molecule has 7 nitrogen and oxygen atoms in total. The van der Waals surface area contributed by atoms with Gasteiger partial charge in [0.25, 0.3) is 0 Å². The second kappa shape index (κ2) is 8.95. The number of nitrogens with one attached hydrogen (secondary N) is 1. The molecule has 2 aromatic carbocycles. The van der Waals surface area contributed by atoms with Crippen LogP contribution in [0.2, 0.25) is 0 Å². The fourth-order valence-corrected chi connectivity index (χ4v) is 6.73. The number of esters is 1. The normalized spacial score (nSPS) is 27.4. The van der Waals surface area contributed by atoms with Crippen LogP contribution < -0.4 is 0 Å². The third kappa shape index (κ3) is 3.85. The Morgan fingerprint density at radius 1 is 1.06 bits per heavy atom. The summed E-state index contributed by atoms with van der Waals surface area (Å²) in [5.41, 5.74) is 4.08. The molecule has 7 heteroatoms. The number of imidazole rings is 1. The quantitative estimate of drug-likeness (QED) is 0.460. The molecule has 1 N–H and O–H groups in total. The van der Waals surface area contributed by atoms with Crippen molar-refractivity contribution in [2.45, 2.75) is 69.4 Å². The molecule has 1 aromatic heterocycles. The van der Waals surface area contributed by atoms with E-state index in [4.69, 9.17) is 14.5 Å². The molecule has 1 aliphatic heterocycles. The summed E-state index contributed by atoms with van der Waals surface area (Å²) in [6, 6.07) is 16.2. The summed E-state index contributed by atoms with van der Waals surface area (Å²) >= 11 is 0. The van der Waals surface area contributed by atoms with E-state index in [1.165, 1.54) is 12.7 Å². The van der Waals surface area contributed by atoms with Gasteiger partial charge in [-0.1, -0.05) is 36.4 Å². The fourth-order valence-electron chi connectivity index (χ4n) is 6.73. The fraction of sp³-hybridized carbons (Fsp3) is 0.483. The van der Waals surface area contributed by atoms with E-state index < -0.39 is 0 Å². The Kier molecular flexibility index (Phi) is 5.73. The number of nitrogens with zero attached hydrogens (tertiary/aromatic N) is 2. The minimum Gasteiger partial charge on any atom is -0.469 e. The predicted octanol–water partition coefficient (Wildman–Crippen LogP) is 5.80. The zero-order chi connectivity index (χ0) is 24.8. The molecule has 3 saturated carbocycles. The number of fused-ring (bicyclic) bond motifs is 4. The Morgan fingerprint density at radius 2 is 1.81 bits per heavy atom. The lowest BCUT2D eigenvalue weighted by molar-refractivity contribution is -0.160. The van der Waals surface area contributed by atoms with E-state index in [1.807, 2.05) is 30.3 Å². The second-order valence-corrected chi connectivity index (χ2v) is 10.8. The number of H-pyrrole nitrogens is 1. The summed E-state index contributed by atoms with van der Waals surface area (Å²) in [6.45, 7) is 0.942. The van der Waals surface area contributed by atoms with Gasteiger partial charge in [-0.2, -0.15) is 0 Å². The molecule has 1 atom stereocenters. The van der Waals surface area contributed by atoms with Crippen LogP contribution >= 0.6 is 0 Å². The molecule has 3 aromatic rings. The van der Waals surface area contributed by atoms with Crippen molar-refractivity contribution in [3.05, 3.63) is 65.5 Å². The number of rotatable bonds is 5. The molecule has 4 aliphatic rings. The predicted molar refractivity (Wildman–Crippen MR) is 135 cm³/mol. The van der Waals surface area contributed by atoms with Crippen LogP contribution in [0.15, 0.2) is 48.5 Å². The first-order chi connectivity index (χ1) is 17.5. The molecular weight excluding hydrogens is 454 g/mol. The summed E-state index contributed by atoms with van der Waals surface area (Å²) in [5.74, 6) is 0.790. The van der Waals surface area contributed by atoms with Crippen LogP contribution in [0, 0.1) is 5.41 Å². The summed E-state index contributed by atoms with van der Waals surface area (Å²) in [5, 5.41) is 0. The van der Waals surface area contributed by atoms with Crippen molar-refractivity contribution in [3.8, 4) is 0 Å². The lowest BCUT2D eigenvalue weighted by Crippen LogP contribution is -2.48. The highest BCUT2D eigenvalue weighted by Crippen LogP contribution is 2.58. The number of aromatic nitrogens is 2. The van der Waals surface area contributed by atoms with Crippen LogP contribution in [0.3, 0.4) is 0 Å². The van der Waals surface area contributed by atoms with E-state index in [-0.39, 0.29) is 35.5 Å². The number of ether oxygens (including phenoxy) is 2. The number of benzene rings is 2. The maximum Gasteiger partial charge on any atom is 0.410 e. The zero-order valence-corrected chi connectivity index (χ0v) is 20.8. The van der Waals surface area contributed by atoms with Gasteiger partial charge in [-0.05, 0) is 80.0 Å². The van der Waals surface area contributed by atoms with Gasteiger partial charge < -0.3 is 14.5 Å². The van der Waals surface area contributed by atoms with Gasteiger partial charge in [0.1, 0.15) is 12.4 Å². The SMILES string of the molecule is COC(=O)C12CCC(c3ccc4nc(C5CCCN5C(=O)OCc5ccccc5)[nH]c4c3)(CC1)CC2. The number of carbonyl (C=O) groups excluding carboxylic acids is 2. The standard InChI is InChI=1S/C29H33N3O4/c1-35-26(33)29-14-11-28(12-15-29,13-16-29)21-9-10-22-23(18-21)31-25(30-22)24-8-5-17-32(24)27(34)36-19-20-6-3-2-4-7-20/h2-4,6-7,9-10,18,24H,5,8,11-17,19H2,1H3,(H,30,31). The Hall–Kier alpha value is -3.35. The van der Waals surface area contributed by atoms with Crippen molar-refractivity contribution in [3.63, 3.8) is 0 Å². The van der Waals surface area contributed by atoms with Crippen molar-refractivity contribution in [1.29, 1.82) is 0 Å². The van der Waals surface area contributed by atoms with Crippen LogP contribution in [0.25, 0.3) is 11.0 Å². The van der Waals surface area contributed by atoms with Gasteiger partial charge >= 0.3 is 12.1 Å². The van der Waals surface area contributed by atoms with Crippen LogP contribution in [0.4, 0.5) is 4.79 Å². The molecule has 0 spiro atoms. The molecule has 2 bridgehead atoms. The van der Waals surface area contributed by atoms with Crippen molar-refractivity contribution < 1.29 is 19.1 Å². The van der Waals surface area contributed by atoms with E-state index >= 15 is 0 Å².